The smallest absolute Gasteiger partial charge is 0.244 e. The van der Waals surface area contributed by atoms with E-state index in [1.54, 1.807) is 31.6 Å². The third kappa shape index (κ3) is 4.56. The second-order valence-electron chi connectivity index (χ2n) is 4.96. The Morgan fingerprint density at radius 3 is 2.74 bits per heavy atom. The Morgan fingerprint density at radius 1 is 1.35 bits per heavy atom. The number of hydrogen-bond donors (Lipinski definition) is 1. The van der Waals surface area contributed by atoms with Gasteiger partial charge in [-0.15, -0.1) is 11.3 Å². The van der Waals surface area contributed by atoms with Gasteiger partial charge in [0.25, 0.3) is 0 Å². The summed E-state index contributed by atoms with van der Waals surface area (Å²) in [6.07, 6.45) is 3.19. The van der Waals surface area contributed by atoms with Gasteiger partial charge in [-0.2, -0.15) is 0 Å². The highest BCUT2D eigenvalue weighted by molar-refractivity contribution is 7.09. The Bertz CT molecular complexity index is 710. The number of nitrogens with zero attached hydrogens (tertiary/aromatic N) is 1. The predicted molar refractivity (Wildman–Crippen MR) is 92.0 cm³/mol. The molecule has 1 amide bonds. The quantitative estimate of drug-likeness (QED) is 0.824. The van der Waals surface area contributed by atoms with Crippen molar-refractivity contribution < 1.29 is 14.3 Å². The first-order chi connectivity index (χ1) is 11.0. The van der Waals surface area contributed by atoms with E-state index in [0.717, 1.165) is 22.0 Å². The van der Waals surface area contributed by atoms with Crippen molar-refractivity contribution in [3.8, 4) is 11.5 Å². The first kappa shape index (κ1) is 17.0. The first-order valence-electron chi connectivity index (χ1n) is 7.16. The minimum Gasteiger partial charge on any atom is -0.497 e. The third-order valence-electron chi connectivity index (χ3n) is 3.30. The van der Waals surface area contributed by atoms with Crippen LogP contribution in [0.25, 0.3) is 6.08 Å². The van der Waals surface area contributed by atoms with Crippen LogP contribution in [0.15, 0.2) is 29.7 Å². The molecule has 0 aliphatic heterocycles. The standard InChI is InChI=1S/C17H20N2O3S/c1-11(15-9-14(21-3)6-7-16(15)22-4)18-17(20)8-5-13-10-23-12(2)19-13/h5-11H,1-4H3,(H,18,20)/b8-5+. The van der Waals surface area contributed by atoms with Crippen LogP contribution in [-0.4, -0.2) is 25.1 Å². The monoisotopic (exact) mass is 332 g/mol. The summed E-state index contributed by atoms with van der Waals surface area (Å²) in [6, 6.07) is 5.29. The zero-order valence-electron chi connectivity index (χ0n) is 13.6. The Labute approximate surface area is 140 Å². The number of hydrogen-bond acceptors (Lipinski definition) is 5. The summed E-state index contributed by atoms with van der Waals surface area (Å²) in [7, 11) is 3.21. The molecule has 0 saturated heterocycles. The normalized spacial score (nSPS) is 12.2. The molecular weight excluding hydrogens is 312 g/mol. The van der Waals surface area contributed by atoms with Crippen molar-refractivity contribution >= 4 is 23.3 Å². The zero-order valence-corrected chi connectivity index (χ0v) is 14.4. The molecule has 6 heteroatoms. The lowest BCUT2D eigenvalue weighted by Crippen LogP contribution is -2.25. The molecule has 1 unspecified atom stereocenters. The maximum atomic E-state index is 12.1. The van der Waals surface area contributed by atoms with Crippen molar-refractivity contribution in [3.63, 3.8) is 0 Å². The predicted octanol–water partition coefficient (Wildman–Crippen LogP) is 3.36. The van der Waals surface area contributed by atoms with Crippen molar-refractivity contribution in [2.24, 2.45) is 0 Å². The molecule has 23 heavy (non-hydrogen) atoms. The van der Waals surface area contributed by atoms with E-state index >= 15 is 0 Å². The van der Waals surface area contributed by atoms with Crippen LogP contribution in [0.5, 0.6) is 11.5 Å². The summed E-state index contributed by atoms with van der Waals surface area (Å²) >= 11 is 1.55. The van der Waals surface area contributed by atoms with E-state index in [2.05, 4.69) is 10.3 Å². The molecule has 1 aromatic carbocycles. The SMILES string of the molecule is COc1ccc(OC)c(C(C)NC(=O)/C=C/c2csc(C)n2)c1. The zero-order chi connectivity index (χ0) is 16.8. The number of amides is 1. The molecule has 0 fully saturated rings. The number of carbonyl (C=O) groups excluding carboxylic acids is 1. The van der Waals surface area contributed by atoms with Crippen LogP contribution in [0.1, 0.15) is 29.2 Å². The number of ether oxygens (including phenoxy) is 2. The Kier molecular flexibility index (Phi) is 5.76. The van der Waals surface area contributed by atoms with E-state index in [1.165, 1.54) is 6.08 Å². The molecule has 1 heterocycles. The van der Waals surface area contributed by atoms with Crippen molar-refractivity contribution in [1.29, 1.82) is 0 Å². The summed E-state index contributed by atoms with van der Waals surface area (Å²) < 4.78 is 10.6. The second kappa shape index (κ2) is 7.78. The summed E-state index contributed by atoms with van der Waals surface area (Å²) in [6.45, 7) is 3.83. The molecule has 5 nitrogen and oxygen atoms in total. The van der Waals surface area contributed by atoms with Crippen LogP contribution in [0.4, 0.5) is 0 Å². The lowest BCUT2D eigenvalue weighted by molar-refractivity contribution is -0.117. The number of aromatic nitrogens is 1. The molecule has 0 saturated carbocycles. The minimum atomic E-state index is -0.214. The Morgan fingerprint density at radius 2 is 2.13 bits per heavy atom. The number of benzene rings is 1. The second-order valence-corrected chi connectivity index (χ2v) is 6.03. The lowest BCUT2D eigenvalue weighted by Gasteiger charge is -2.17. The number of aryl methyl sites for hydroxylation is 1. The molecule has 0 bridgehead atoms. The molecule has 0 spiro atoms. The van der Waals surface area contributed by atoms with Crippen LogP contribution in [0.3, 0.4) is 0 Å². The summed E-state index contributed by atoms with van der Waals surface area (Å²) in [5.41, 5.74) is 1.65. The molecule has 0 aliphatic rings. The van der Waals surface area contributed by atoms with Crippen LogP contribution >= 0.6 is 11.3 Å². The molecular formula is C17H20N2O3S. The van der Waals surface area contributed by atoms with Crippen molar-refractivity contribution in [3.05, 3.63) is 45.9 Å². The van der Waals surface area contributed by atoms with Gasteiger partial charge in [0.05, 0.1) is 31.0 Å². The van der Waals surface area contributed by atoms with Gasteiger partial charge in [-0.3, -0.25) is 4.79 Å². The molecule has 122 valence electrons. The topological polar surface area (TPSA) is 60.5 Å². The van der Waals surface area contributed by atoms with Crippen molar-refractivity contribution in [2.45, 2.75) is 19.9 Å². The van der Waals surface area contributed by atoms with E-state index in [4.69, 9.17) is 9.47 Å². The van der Waals surface area contributed by atoms with E-state index in [0.29, 0.717) is 5.75 Å². The van der Waals surface area contributed by atoms with E-state index in [1.807, 2.05) is 37.4 Å². The molecule has 0 radical (unpaired) electrons. The first-order valence-corrected chi connectivity index (χ1v) is 8.04. The van der Waals surface area contributed by atoms with Gasteiger partial charge in [0, 0.05) is 17.0 Å². The number of nitrogens with one attached hydrogen (secondary N) is 1. The highest BCUT2D eigenvalue weighted by atomic mass is 32.1. The van der Waals surface area contributed by atoms with E-state index in [9.17, 15) is 4.79 Å². The van der Waals surface area contributed by atoms with E-state index in [-0.39, 0.29) is 11.9 Å². The molecule has 1 N–H and O–H groups in total. The van der Waals surface area contributed by atoms with Crippen LogP contribution in [-0.2, 0) is 4.79 Å². The fourth-order valence-corrected chi connectivity index (χ4v) is 2.72. The average molecular weight is 332 g/mol. The number of methoxy groups -OCH3 is 2. The molecule has 0 aliphatic carbocycles. The average Bonchev–Trinajstić information content (AvgIpc) is 2.97. The summed E-state index contributed by atoms with van der Waals surface area (Å²) in [5.74, 6) is 1.24. The number of thiazole rings is 1. The molecule has 1 aromatic heterocycles. The summed E-state index contributed by atoms with van der Waals surface area (Å²) in [4.78, 5) is 16.4. The van der Waals surface area contributed by atoms with Crippen molar-refractivity contribution in [1.82, 2.24) is 10.3 Å². The third-order valence-corrected chi connectivity index (χ3v) is 4.10. The number of carbonyl (C=O) groups is 1. The van der Waals surface area contributed by atoms with Gasteiger partial charge >= 0.3 is 0 Å². The molecule has 2 rings (SSSR count). The van der Waals surface area contributed by atoms with Gasteiger partial charge in [-0.05, 0) is 38.1 Å². The van der Waals surface area contributed by atoms with Gasteiger partial charge in [-0.25, -0.2) is 4.98 Å². The fraction of sp³-hybridized carbons (Fsp3) is 0.294. The highest BCUT2D eigenvalue weighted by Crippen LogP contribution is 2.29. The van der Waals surface area contributed by atoms with Crippen LogP contribution in [0.2, 0.25) is 0 Å². The largest absolute Gasteiger partial charge is 0.497 e. The maximum Gasteiger partial charge on any atom is 0.244 e. The minimum absolute atomic E-state index is 0.187. The van der Waals surface area contributed by atoms with Gasteiger partial charge in [0.1, 0.15) is 11.5 Å². The van der Waals surface area contributed by atoms with Crippen LogP contribution < -0.4 is 14.8 Å². The Balaban J connectivity index is 2.07. The van der Waals surface area contributed by atoms with E-state index < -0.39 is 0 Å². The molecule has 2 aromatic rings. The fourth-order valence-electron chi connectivity index (χ4n) is 2.13. The van der Waals surface area contributed by atoms with Crippen molar-refractivity contribution in [2.75, 3.05) is 14.2 Å². The number of rotatable bonds is 6. The lowest BCUT2D eigenvalue weighted by atomic mass is 10.1. The van der Waals surface area contributed by atoms with Gasteiger partial charge in [0.15, 0.2) is 0 Å². The van der Waals surface area contributed by atoms with Gasteiger partial charge in [0.2, 0.25) is 5.91 Å². The summed E-state index contributed by atoms with van der Waals surface area (Å²) in [5, 5.41) is 5.80. The highest BCUT2D eigenvalue weighted by Gasteiger charge is 2.14. The van der Waals surface area contributed by atoms with Crippen LogP contribution in [0, 0.1) is 6.92 Å². The van der Waals surface area contributed by atoms with Gasteiger partial charge in [-0.1, -0.05) is 0 Å². The Hall–Kier alpha value is -2.34. The molecule has 1 atom stereocenters. The maximum absolute atomic E-state index is 12.1. The van der Waals surface area contributed by atoms with Gasteiger partial charge < -0.3 is 14.8 Å².